The largest absolute Gasteiger partial charge is 0.493 e. The molecular weight excluding hydrogens is 378 g/mol. The number of imide groups is 1. The molecule has 3 aromatic rings. The summed E-state index contributed by atoms with van der Waals surface area (Å²) < 4.78 is 11.4. The minimum absolute atomic E-state index is 0.0656. The van der Waals surface area contributed by atoms with E-state index in [1.54, 1.807) is 6.92 Å². The number of fused-ring (bicyclic) bond motifs is 2. The van der Waals surface area contributed by atoms with Gasteiger partial charge in [-0.25, -0.2) is 9.78 Å². The van der Waals surface area contributed by atoms with Crippen molar-refractivity contribution in [3.05, 3.63) is 58.8 Å². The summed E-state index contributed by atoms with van der Waals surface area (Å²) >= 11 is 1.52. The van der Waals surface area contributed by atoms with Crippen LogP contribution in [-0.2, 0) is 16.9 Å². The van der Waals surface area contributed by atoms with E-state index in [9.17, 15) is 9.59 Å². The molecule has 1 aromatic carbocycles. The average Bonchev–Trinajstić information content (AvgIpc) is 3.40. The standard InChI is InChI=1S/C20H17N3O4S/c1-12-14(21-17(27-12)16-7-4-10-28-16)11-23-18(24)20(22-19(23)25)8-9-26-15-6-3-2-5-13(15)20/h2-7,10H,8-9,11H2,1H3,(H,22,25). The van der Waals surface area contributed by atoms with Crippen molar-refractivity contribution in [1.29, 1.82) is 0 Å². The van der Waals surface area contributed by atoms with Crippen LogP contribution in [0, 0.1) is 6.92 Å². The van der Waals surface area contributed by atoms with Crippen LogP contribution in [0.4, 0.5) is 4.79 Å². The van der Waals surface area contributed by atoms with E-state index in [-0.39, 0.29) is 12.5 Å². The summed E-state index contributed by atoms with van der Waals surface area (Å²) in [4.78, 5) is 32.7. The van der Waals surface area contributed by atoms with Gasteiger partial charge in [0.15, 0.2) is 5.54 Å². The Labute approximate surface area is 164 Å². The van der Waals surface area contributed by atoms with Gasteiger partial charge < -0.3 is 14.5 Å². The minimum atomic E-state index is -1.08. The number of benzene rings is 1. The van der Waals surface area contributed by atoms with Crippen LogP contribution in [0.25, 0.3) is 10.8 Å². The van der Waals surface area contributed by atoms with Crippen molar-refractivity contribution in [2.45, 2.75) is 25.4 Å². The van der Waals surface area contributed by atoms with Crippen LogP contribution < -0.4 is 10.1 Å². The van der Waals surface area contributed by atoms with Gasteiger partial charge in [0.1, 0.15) is 17.2 Å². The maximum Gasteiger partial charge on any atom is 0.325 e. The summed E-state index contributed by atoms with van der Waals surface area (Å²) in [6.45, 7) is 2.22. The van der Waals surface area contributed by atoms with Crippen LogP contribution in [0.15, 0.2) is 46.2 Å². The molecule has 2 aliphatic heterocycles. The molecule has 0 radical (unpaired) electrons. The molecule has 1 saturated heterocycles. The lowest BCUT2D eigenvalue weighted by Gasteiger charge is -2.33. The van der Waals surface area contributed by atoms with Crippen molar-refractivity contribution in [2.24, 2.45) is 0 Å². The highest BCUT2D eigenvalue weighted by molar-refractivity contribution is 7.13. The summed E-state index contributed by atoms with van der Waals surface area (Å²) in [5.74, 6) is 1.44. The van der Waals surface area contributed by atoms with Crippen LogP contribution in [0.3, 0.4) is 0 Å². The first-order valence-corrected chi connectivity index (χ1v) is 9.83. The Bertz CT molecular complexity index is 1080. The third kappa shape index (κ3) is 2.45. The number of carbonyl (C=O) groups excluding carboxylic acids is 2. The topological polar surface area (TPSA) is 84.7 Å². The van der Waals surface area contributed by atoms with Gasteiger partial charge in [0.05, 0.1) is 18.0 Å². The lowest BCUT2D eigenvalue weighted by molar-refractivity contribution is -0.133. The Hall–Kier alpha value is -3.13. The van der Waals surface area contributed by atoms with Crippen molar-refractivity contribution in [1.82, 2.24) is 15.2 Å². The maximum absolute atomic E-state index is 13.3. The molecule has 142 valence electrons. The fourth-order valence-electron chi connectivity index (χ4n) is 3.75. The molecule has 8 heteroatoms. The number of nitrogens with one attached hydrogen (secondary N) is 1. The number of rotatable bonds is 3. The number of thiophene rings is 1. The Morgan fingerprint density at radius 2 is 2.11 bits per heavy atom. The van der Waals surface area contributed by atoms with Gasteiger partial charge in [-0.3, -0.25) is 9.69 Å². The molecule has 2 aromatic heterocycles. The second-order valence-electron chi connectivity index (χ2n) is 6.82. The molecule has 5 rings (SSSR count). The first kappa shape index (κ1) is 17.0. The Morgan fingerprint density at radius 3 is 2.93 bits per heavy atom. The smallest absolute Gasteiger partial charge is 0.325 e. The van der Waals surface area contributed by atoms with Gasteiger partial charge in [-0.1, -0.05) is 24.3 Å². The van der Waals surface area contributed by atoms with E-state index < -0.39 is 11.6 Å². The van der Waals surface area contributed by atoms with Crippen molar-refractivity contribution < 1.29 is 18.7 Å². The van der Waals surface area contributed by atoms with Crippen molar-refractivity contribution >= 4 is 23.3 Å². The monoisotopic (exact) mass is 395 g/mol. The number of para-hydroxylation sites is 1. The molecule has 28 heavy (non-hydrogen) atoms. The second kappa shape index (κ2) is 6.20. The number of carbonyl (C=O) groups is 2. The maximum atomic E-state index is 13.3. The predicted molar refractivity (Wildman–Crippen MR) is 102 cm³/mol. The summed E-state index contributed by atoms with van der Waals surface area (Å²) in [6, 6.07) is 10.7. The Kier molecular flexibility index (Phi) is 3.77. The van der Waals surface area contributed by atoms with Crippen LogP contribution in [0.1, 0.15) is 23.4 Å². The normalized spacial score (nSPS) is 21.0. The molecule has 1 unspecified atom stereocenters. The van der Waals surface area contributed by atoms with Crippen LogP contribution in [0.5, 0.6) is 5.75 Å². The van der Waals surface area contributed by atoms with Crippen LogP contribution in [0.2, 0.25) is 0 Å². The van der Waals surface area contributed by atoms with Crippen molar-refractivity contribution in [3.8, 4) is 16.5 Å². The minimum Gasteiger partial charge on any atom is -0.493 e. The molecule has 7 nitrogen and oxygen atoms in total. The van der Waals surface area contributed by atoms with Gasteiger partial charge >= 0.3 is 6.03 Å². The molecule has 1 atom stereocenters. The molecule has 1 N–H and O–H groups in total. The molecule has 1 fully saturated rings. The van der Waals surface area contributed by atoms with Crippen LogP contribution >= 0.6 is 11.3 Å². The first-order chi connectivity index (χ1) is 13.6. The number of nitrogens with zero attached hydrogens (tertiary/aromatic N) is 2. The number of hydrogen-bond acceptors (Lipinski definition) is 6. The number of urea groups is 1. The van der Waals surface area contributed by atoms with E-state index in [0.29, 0.717) is 41.7 Å². The van der Waals surface area contributed by atoms with Gasteiger partial charge in [-0.2, -0.15) is 0 Å². The van der Waals surface area contributed by atoms with Crippen molar-refractivity contribution in [3.63, 3.8) is 0 Å². The van der Waals surface area contributed by atoms with Crippen LogP contribution in [-0.4, -0.2) is 28.4 Å². The summed E-state index contributed by atoms with van der Waals surface area (Å²) in [5, 5.41) is 4.84. The SMILES string of the molecule is Cc1oc(-c2cccs2)nc1CN1C(=O)NC2(CCOc3ccccc32)C1=O. The zero-order valence-corrected chi connectivity index (χ0v) is 15.9. The molecule has 3 amide bonds. The lowest BCUT2D eigenvalue weighted by atomic mass is 9.84. The molecular formula is C20H17N3O4S. The summed E-state index contributed by atoms with van der Waals surface area (Å²) in [5.41, 5.74) is 0.183. The summed E-state index contributed by atoms with van der Waals surface area (Å²) in [7, 11) is 0. The zero-order chi connectivity index (χ0) is 19.3. The third-order valence-electron chi connectivity index (χ3n) is 5.19. The third-order valence-corrected chi connectivity index (χ3v) is 6.05. The fraction of sp³-hybridized carbons (Fsp3) is 0.250. The number of aromatic nitrogens is 1. The highest BCUT2D eigenvalue weighted by atomic mass is 32.1. The molecule has 2 aliphatic rings. The second-order valence-corrected chi connectivity index (χ2v) is 7.77. The number of ether oxygens (including phenoxy) is 1. The molecule has 0 saturated carbocycles. The highest BCUT2D eigenvalue weighted by Gasteiger charge is 2.55. The lowest BCUT2D eigenvalue weighted by Crippen LogP contribution is -2.47. The molecule has 0 bridgehead atoms. The molecule has 4 heterocycles. The Balaban J connectivity index is 1.47. The average molecular weight is 395 g/mol. The zero-order valence-electron chi connectivity index (χ0n) is 15.1. The fourth-order valence-corrected chi connectivity index (χ4v) is 4.39. The van der Waals surface area contributed by atoms with E-state index in [0.717, 1.165) is 4.88 Å². The van der Waals surface area contributed by atoms with Gasteiger partial charge in [0, 0.05) is 12.0 Å². The number of aryl methyl sites for hydroxylation is 1. The first-order valence-electron chi connectivity index (χ1n) is 8.95. The number of amides is 3. The molecule has 0 aliphatic carbocycles. The van der Waals surface area contributed by atoms with Gasteiger partial charge in [-0.15, -0.1) is 11.3 Å². The Morgan fingerprint density at radius 1 is 1.25 bits per heavy atom. The van der Waals surface area contributed by atoms with Crippen molar-refractivity contribution in [2.75, 3.05) is 6.61 Å². The van der Waals surface area contributed by atoms with E-state index in [4.69, 9.17) is 9.15 Å². The van der Waals surface area contributed by atoms with Gasteiger partial charge in [0.2, 0.25) is 5.89 Å². The predicted octanol–water partition coefficient (Wildman–Crippen LogP) is 3.44. The van der Waals surface area contributed by atoms with E-state index in [1.807, 2.05) is 41.8 Å². The quantitative estimate of drug-likeness (QED) is 0.687. The van der Waals surface area contributed by atoms with E-state index in [2.05, 4.69) is 10.3 Å². The van der Waals surface area contributed by atoms with Gasteiger partial charge in [0.25, 0.3) is 5.91 Å². The van der Waals surface area contributed by atoms with Gasteiger partial charge in [-0.05, 0) is 24.4 Å². The van der Waals surface area contributed by atoms with E-state index >= 15 is 0 Å². The highest BCUT2D eigenvalue weighted by Crippen LogP contribution is 2.41. The number of oxazole rings is 1. The molecule has 1 spiro atoms. The summed E-state index contributed by atoms with van der Waals surface area (Å²) in [6.07, 6.45) is 0.392. The number of hydrogen-bond donors (Lipinski definition) is 1. The van der Waals surface area contributed by atoms with E-state index in [1.165, 1.54) is 16.2 Å².